The van der Waals surface area contributed by atoms with Crippen molar-refractivity contribution in [3.8, 4) is 5.75 Å². The van der Waals surface area contributed by atoms with Gasteiger partial charge in [0.1, 0.15) is 18.0 Å². The van der Waals surface area contributed by atoms with Crippen LogP contribution < -0.4 is 21.1 Å². The number of nitrogens with two attached hydrogens (primary N) is 1. The van der Waals surface area contributed by atoms with Crippen molar-refractivity contribution >= 4 is 28.7 Å². The number of nitrogen functional groups attached to an aromatic ring is 1. The zero-order valence-corrected chi connectivity index (χ0v) is 20.3. The molecular formula is C28H27N5O4. The van der Waals surface area contributed by atoms with Crippen molar-refractivity contribution in [2.45, 2.75) is 25.5 Å². The van der Waals surface area contributed by atoms with Gasteiger partial charge in [-0.25, -0.2) is 14.6 Å². The molecule has 1 atom stereocenters. The number of amides is 2. The van der Waals surface area contributed by atoms with Crippen LogP contribution in [-0.4, -0.2) is 29.1 Å². The van der Waals surface area contributed by atoms with Gasteiger partial charge < -0.3 is 30.8 Å². The van der Waals surface area contributed by atoms with E-state index in [4.69, 9.17) is 15.2 Å². The number of aromatic nitrogens is 2. The molecule has 1 aliphatic heterocycles. The molecule has 1 unspecified atom stereocenters. The van der Waals surface area contributed by atoms with E-state index in [9.17, 15) is 9.59 Å². The number of anilines is 1. The van der Waals surface area contributed by atoms with Crippen LogP contribution in [0.25, 0.3) is 11.0 Å². The maximum Gasteiger partial charge on any atom is 0.338 e. The lowest BCUT2D eigenvalue weighted by atomic mass is 9.93. The maximum absolute atomic E-state index is 13.6. The number of urea groups is 1. The average Bonchev–Trinajstić information content (AvgIpc) is 3.34. The van der Waals surface area contributed by atoms with E-state index in [-0.39, 0.29) is 6.61 Å². The van der Waals surface area contributed by atoms with Gasteiger partial charge in [-0.3, -0.25) is 0 Å². The van der Waals surface area contributed by atoms with Gasteiger partial charge in [0.15, 0.2) is 0 Å². The summed E-state index contributed by atoms with van der Waals surface area (Å²) >= 11 is 0. The molecule has 0 saturated heterocycles. The van der Waals surface area contributed by atoms with E-state index in [0.29, 0.717) is 35.4 Å². The zero-order valence-electron chi connectivity index (χ0n) is 20.3. The third kappa shape index (κ3) is 5.25. The number of carbonyl (C=O) groups is 2. The van der Waals surface area contributed by atoms with Crippen molar-refractivity contribution in [3.05, 3.63) is 101 Å². The second-order valence-electron chi connectivity index (χ2n) is 8.74. The molecule has 0 saturated carbocycles. The van der Waals surface area contributed by atoms with Gasteiger partial charge in [0.05, 0.1) is 18.7 Å². The van der Waals surface area contributed by atoms with Crippen molar-refractivity contribution < 1.29 is 19.1 Å². The lowest BCUT2D eigenvalue weighted by molar-refractivity contribution is -0.140. The summed E-state index contributed by atoms with van der Waals surface area (Å²) in [5.41, 5.74) is 10.5. The van der Waals surface area contributed by atoms with Gasteiger partial charge in [0.25, 0.3) is 0 Å². The SMILES string of the molecule is COc1cccc(CCC2=C(C(=O)OCc3cccc(N)c3)C(c3c[nH]c4ncccc34)NC(=O)N2)c1. The lowest BCUT2D eigenvalue weighted by Crippen LogP contribution is -2.46. The number of H-pyrrole nitrogens is 1. The van der Waals surface area contributed by atoms with Crippen LogP contribution in [0.15, 0.2) is 84.3 Å². The molecule has 9 heteroatoms. The van der Waals surface area contributed by atoms with Gasteiger partial charge in [-0.15, -0.1) is 0 Å². The van der Waals surface area contributed by atoms with Gasteiger partial charge in [-0.1, -0.05) is 24.3 Å². The fraction of sp³-hybridized carbons (Fsp3) is 0.179. The monoisotopic (exact) mass is 497 g/mol. The Morgan fingerprint density at radius 2 is 1.89 bits per heavy atom. The Kier molecular flexibility index (Phi) is 6.76. The van der Waals surface area contributed by atoms with E-state index in [1.807, 2.05) is 48.5 Å². The quantitative estimate of drug-likeness (QED) is 0.214. The third-order valence-corrected chi connectivity index (χ3v) is 6.29. The van der Waals surface area contributed by atoms with Crippen LogP contribution >= 0.6 is 0 Å². The number of carbonyl (C=O) groups excluding carboxylic acids is 2. The van der Waals surface area contributed by atoms with Crippen LogP contribution in [0.1, 0.15) is 29.2 Å². The number of fused-ring (bicyclic) bond motifs is 1. The molecule has 1 aliphatic rings. The summed E-state index contributed by atoms with van der Waals surface area (Å²) < 4.78 is 11.1. The number of allylic oxidation sites excluding steroid dienone is 1. The minimum Gasteiger partial charge on any atom is -0.497 e. The summed E-state index contributed by atoms with van der Waals surface area (Å²) in [7, 11) is 1.61. The number of aryl methyl sites for hydroxylation is 1. The van der Waals surface area contributed by atoms with Gasteiger partial charge in [0.2, 0.25) is 0 Å². The molecule has 2 aromatic carbocycles. The number of nitrogens with one attached hydrogen (secondary N) is 3. The molecule has 0 bridgehead atoms. The number of benzene rings is 2. The first kappa shape index (κ1) is 23.9. The van der Waals surface area contributed by atoms with Crippen molar-refractivity contribution in [3.63, 3.8) is 0 Å². The number of methoxy groups -OCH3 is 1. The predicted octanol–water partition coefficient (Wildman–Crippen LogP) is 4.14. The Hall–Kier alpha value is -4.79. The van der Waals surface area contributed by atoms with Crippen molar-refractivity contribution in [2.75, 3.05) is 12.8 Å². The van der Waals surface area contributed by atoms with Crippen LogP contribution in [0.2, 0.25) is 0 Å². The number of aromatic amines is 1. The molecule has 188 valence electrons. The predicted molar refractivity (Wildman–Crippen MR) is 139 cm³/mol. The molecule has 5 rings (SSSR count). The largest absolute Gasteiger partial charge is 0.497 e. The van der Waals surface area contributed by atoms with Crippen molar-refractivity contribution in [1.82, 2.24) is 20.6 Å². The van der Waals surface area contributed by atoms with E-state index in [1.165, 1.54) is 0 Å². The van der Waals surface area contributed by atoms with Gasteiger partial charge in [-0.05, 0) is 60.4 Å². The molecule has 3 heterocycles. The molecular weight excluding hydrogens is 470 g/mol. The number of nitrogens with zero attached hydrogens (tertiary/aromatic N) is 1. The van der Waals surface area contributed by atoms with Crippen LogP contribution in [0.3, 0.4) is 0 Å². The highest BCUT2D eigenvalue weighted by atomic mass is 16.5. The van der Waals surface area contributed by atoms with Crippen molar-refractivity contribution in [1.29, 1.82) is 0 Å². The van der Waals surface area contributed by atoms with E-state index in [1.54, 1.807) is 31.6 Å². The highest BCUT2D eigenvalue weighted by Crippen LogP contribution is 2.33. The summed E-state index contributed by atoms with van der Waals surface area (Å²) in [5.74, 6) is 0.213. The van der Waals surface area contributed by atoms with Gasteiger partial charge >= 0.3 is 12.0 Å². The standard InChI is InChI=1S/C28H27N5O4/c1-36-20-8-3-5-17(14-20)10-11-23-24(27(34)37-16-18-6-2-7-19(29)13-18)25(33-28(35)32-23)22-15-31-26-21(22)9-4-12-30-26/h2-9,12-15,25H,10-11,16,29H2,1H3,(H,30,31)(H2,32,33,35). The summed E-state index contributed by atoms with van der Waals surface area (Å²) in [6.07, 6.45) is 4.44. The lowest BCUT2D eigenvalue weighted by Gasteiger charge is -2.29. The number of ether oxygens (including phenoxy) is 2. The summed E-state index contributed by atoms with van der Waals surface area (Å²) in [6.45, 7) is 0.0483. The highest BCUT2D eigenvalue weighted by molar-refractivity contribution is 5.96. The first-order valence-electron chi connectivity index (χ1n) is 11.9. The number of rotatable bonds is 8. The summed E-state index contributed by atoms with van der Waals surface area (Å²) in [4.78, 5) is 33.8. The fourth-order valence-corrected chi connectivity index (χ4v) is 4.51. The van der Waals surface area contributed by atoms with Crippen LogP contribution in [0, 0.1) is 0 Å². The zero-order chi connectivity index (χ0) is 25.8. The molecule has 9 nitrogen and oxygen atoms in total. The van der Waals surface area contributed by atoms with Gasteiger partial charge in [-0.2, -0.15) is 0 Å². The molecule has 0 fully saturated rings. The number of hydrogen-bond acceptors (Lipinski definition) is 6. The molecule has 37 heavy (non-hydrogen) atoms. The number of hydrogen-bond donors (Lipinski definition) is 4. The minimum atomic E-state index is -0.722. The maximum atomic E-state index is 13.6. The Morgan fingerprint density at radius 3 is 2.73 bits per heavy atom. The fourth-order valence-electron chi connectivity index (χ4n) is 4.51. The molecule has 0 radical (unpaired) electrons. The Bertz CT molecular complexity index is 1490. The van der Waals surface area contributed by atoms with E-state index in [0.717, 1.165) is 27.8 Å². The second kappa shape index (κ2) is 10.4. The second-order valence-corrected chi connectivity index (χ2v) is 8.74. The van der Waals surface area contributed by atoms with Gasteiger partial charge in [0, 0.05) is 34.7 Å². The van der Waals surface area contributed by atoms with E-state index >= 15 is 0 Å². The van der Waals surface area contributed by atoms with E-state index < -0.39 is 18.0 Å². The van der Waals surface area contributed by atoms with E-state index in [2.05, 4.69) is 20.6 Å². The Morgan fingerprint density at radius 1 is 1.05 bits per heavy atom. The first-order chi connectivity index (χ1) is 18.0. The summed E-state index contributed by atoms with van der Waals surface area (Å²) in [6, 6.07) is 17.5. The molecule has 4 aromatic rings. The summed E-state index contributed by atoms with van der Waals surface area (Å²) in [5, 5.41) is 6.55. The Balaban J connectivity index is 1.50. The molecule has 2 aromatic heterocycles. The normalized spacial score (nSPS) is 15.3. The number of esters is 1. The third-order valence-electron chi connectivity index (χ3n) is 6.29. The molecule has 2 amide bonds. The molecule has 5 N–H and O–H groups in total. The average molecular weight is 498 g/mol. The highest BCUT2D eigenvalue weighted by Gasteiger charge is 2.35. The topological polar surface area (TPSA) is 131 Å². The minimum absolute atomic E-state index is 0.0483. The van der Waals surface area contributed by atoms with Crippen LogP contribution in [-0.2, 0) is 22.6 Å². The molecule has 0 spiro atoms. The van der Waals surface area contributed by atoms with Crippen molar-refractivity contribution in [2.24, 2.45) is 0 Å². The number of pyridine rings is 1. The Labute approximate surface area is 213 Å². The molecule has 0 aliphatic carbocycles. The smallest absolute Gasteiger partial charge is 0.338 e. The van der Waals surface area contributed by atoms with Crippen LogP contribution in [0.4, 0.5) is 10.5 Å². The first-order valence-corrected chi connectivity index (χ1v) is 11.9. The van der Waals surface area contributed by atoms with Crippen LogP contribution in [0.5, 0.6) is 5.75 Å².